The maximum atomic E-state index is 12.3. The van der Waals surface area contributed by atoms with E-state index in [0.29, 0.717) is 28.9 Å². The number of benzene rings is 2. The molecule has 3 amide bonds. The van der Waals surface area contributed by atoms with Gasteiger partial charge in [0, 0.05) is 31.1 Å². The zero-order chi connectivity index (χ0) is 22.1. The number of carbonyl (C=O) groups excluding carboxylic acids is 3. The Morgan fingerprint density at radius 3 is 2.48 bits per heavy atom. The highest BCUT2D eigenvalue weighted by Crippen LogP contribution is 2.25. The molecule has 1 N–H and O–H groups in total. The van der Waals surface area contributed by atoms with Crippen molar-refractivity contribution < 1.29 is 18.9 Å². The topological polar surface area (TPSA) is 105 Å². The smallest absolute Gasteiger partial charge is 0.261 e. The molecule has 1 aliphatic heterocycles. The molecule has 31 heavy (non-hydrogen) atoms. The Kier molecular flexibility index (Phi) is 5.37. The molecule has 1 aromatic heterocycles. The van der Waals surface area contributed by atoms with Crippen LogP contribution in [0.1, 0.15) is 58.4 Å². The molecule has 2 aromatic carbocycles. The van der Waals surface area contributed by atoms with E-state index in [1.807, 2.05) is 24.3 Å². The van der Waals surface area contributed by atoms with Crippen molar-refractivity contribution in [1.82, 2.24) is 15.0 Å². The van der Waals surface area contributed by atoms with Gasteiger partial charge in [-0.15, -0.1) is 0 Å². The van der Waals surface area contributed by atoms with E-state index in [0.717, 1.165) is 10.5 Å². The predicted octanol–water partition coefficient (Wildman–Crippen LogP) is 3.66. The number of aryl methyl sites for hydroxylation is 1. The molecule has 0 bridgehead atoms. The fourth-order valence-corrected chi connectivity index (χ4v) is 3.37. The van der Waals surface area contributed by atoms with Crippen LogP contribution in [0.15, 0.2) is 47.0 Å². The molecule has 0 saturated carbocycles. The van der Waals surface area contributed by atoms with Crippen LogP contribution < -0.4 is 5.32 Å². The van der Waals surface area contributed by atoms with Crippen molar-refractivity contribution in [2.75, 3.05) is 12.4 Å². The normalized spacial score (nSPS) is 13.1. The second kappa shape index (κ2) is 8.14. The van der Waals surface area contributed by atoms with E-state index in [2.05, 4.69) is 29.3 Å². The summed E-state index contributed by atoms with van der Waals surface area (Å²) in [6.07, 6.45) is 0.422. The molecular weight excluding hydrogens is 396 g/mol. The molecule has 4 rings (SSSR count). The van der Waals surface area contributed by atoms with Crippen LogP contribution in [0.2, 0.25) is 0 Å². The van der Waals surface area contributed by atoms with Crippen LogP contribution in [0.4, 0.5) is 5.69 Å². The van der Waals surface area contributed by atoms with Gasteiger partial charge in [-0.3, -0.25) is 19.3 Å². The molecule has 0 spiro atoms. The molecule has 0 aliphatic carbocycles. The average molecular weight is 418 g/mol. The van der Waals surface area contributed by atoms with Gasteiger partial charge in [0.2, 0.25) is 17.6 Å². The Labute approximate surface area is 179 Å². The number of nitrogens with one attached hydrogen (secondary N) is 1. The molecule has 0 unspecified atom stereocenters. The van der Waals surface area contributed by atoms with E-state index in [-0.39, 0.29) is 36.1 Å². The number of hydrogen-bond acceptors (Lipinski definition) is 6. The molecule has 0 fully saturated rings. The highest BCUT2D eigenvalue weighted by molar-refractivity contribution is 6.21. The van der Waals surface area contributed by atoms with Crippen LogP contribution in [0, 0.1) is 0 Å². The van der Waals surface area contributed by atoms with Crippen molar-refractivity contribution >= 4 is 23.4 Å². The molecule has 3 aromatic rings. The monoisotopic (exact) mass is 418 g/mol. The van der Waals surface area contributed by atoms with E-state index in [1.54, 1.807) is 12.1 Å². The van der Waals surface area contributed by atoms with Crippen LogP contribution in [0.3, 0.4) is 0 Å². The van der Waals surface area contributed by atoms with Crippen molar-refractivity contribution in [3.8, 4) is 11.4 Å². The number of anilines is 1. The Morgan fingerprint density at radius 1 is 1.06 bits per heavy atom. The van der Waals surface area contributed by atoms with Crippen LogP contribution in [-0.4, -0.2) is 39.8 Å². The van der Waals surface area contributed by atoms with Gasteiger partial charge in [-0.1, -0.05) is 43.3 Å². The van der Waals surface area contributed by atoms with Gasteiger partial charge in [-0.25, -0.2) is 0 Å². The Balaban J connectivity index is 1.36. The molecular formula is C23H22N4O4. The van der Waals surface area contributed by atoms with Gasteiger partial charge in [0.25, 0.3) is 11.8 Å². The first kappa shape index (κ1) is 20.5. The van der Waals surface area contributed by atoms with Gasteiger partial charge >= 0.3 is 0 Å². The molecule has 1 aliphatic rings. The van der Waals surface area contributed by atoms with Crippen LogP contribution in [-0.2, 0) is 11.2 Å². The highest BCUT2D eigenvalue weighted by Gasteiger charge is 2.32. The number of aromatic nitrogens is 2. The molecule has 2 heterocycles. The Bertz CT molecular complexity index is 1160. The van der Waals surface area contributed by atoms with Gasteiger partial charge in [0.15, 0.2) is 0 Å². The first-order valence-corrected chi connectivity index (χ1v) is 10.0. The number of carbonyl (C=O) groups is 3. The summed E-state index contributed by atoms with van der Waals surface area (Å²) in [5.41, 5.74) is 3.16. The van der Waals surface area contributed by atoms with Crippen molar-refractivity contribution in [2.24, 2.45) is 0 Å². The van der Waals surface area contributed by atoms with Gasteiger partial charge in [0.1, 0.15) is 0 Å². The van der Waals surface area contributed by atoms with Gasteiger partial charge in [-0.2, -0.15) is 4.98 Å². The van der Waals surface area contributed by atoms with Crippen LogP contribution in [0.5, 0.6) is 0 Å². The number of nitrogens with zero attached hydrogens (tertiary/aromatic N) is 3. The fraction of sp³-hybridized carbons (Fsp3) is 0.261. The standard InChI is InChI=1S/C23H22N4O4/c1-13(2)14-4-6-15(7-5-14)21-25-20(31-26-21)11-10-19(28)24-16-8-9-17-18(12-16)23(30)27(3)22(17)29/h4-9,12-13H,10-11H2,1-3H3,(H,24,28). The van der Waals surface area contributed by atoms with Crippen molar-refractivity contribution in [1.29, 1.82) is 0 Å². The SMILES string of the molecule is CC(C)c1ccc(-c2noc(CCC(=O)Nc3ccc4c(c3)C(=O)N(C)C4=O)n2)cc1. The van der Waals surface area contributed by atoms with E-state index in [9.17, 15) is 14.4 Å². The van der Waals surface area contributed by atoms with Gasteiger partial charge in [0.05, 0.1) is 11.1 Å². The number of hydrogen-bond donors (Lipinski definition) is 1. The second-order valence-electron chi connectivity index (χ2n) is 7.77. The maximum absolute atomic E-state index is 12.3. The molecule has 0 saturated heterocycles. The summed E-state index contributed by atoms with van der Waals surface area (Å²) in [7, 11) is 1.43. The number of fused-ring (bicyclic) bond motifs is 1. The van der Waals surface area contributed by atoms with E-state index < -0.39 is 0 Å². The molecule has 0 radical (unpaired) electrons. The first-order valence-electron chi connectivity index (χ1n) is 10.0. The van der Waals surface area contributed by atoms with Gasteiger partial charge in [-0.05, 0) is 29.7 Å². The minimum Gasteiger partial charge on any atom is -0.339 e. The Morgan fingerprint density at radius 2 is 1.77 bits per heavy atom. The van der Waals surface area contributed by atoms with Crippen LogP contribution in [0.25, 0.3) is 11.4 Å². The average Bonchev–Trinajstić information content (AvgIpc) is 3.32. The lowest BCUT2D eigenvalue weighted by molar-refractivity contribution is -0.116. The Hall–Kier alpha value is -3.81. The number of imide groups is 1. The summed E-state index contributed by atoms with van der Waals surface area (Å²) in [4.78, 5) is 41.8. The number of rotatable bonds is 6. The summed E-state index contributed by atoms with van der Waals surface area (Å²) in [6, 6.07) is 12.6. The highest BCUT2D eigenvalue weighted by atomic mass is 16.5. The molecule has 158 valence electrons. The maximum Gasteiger partial charge on any atom is 0.261 e. The summed E-state index contributed by atoms with van der Waals surface area (Å²) < 4.78 is 5.27. The molecule has 8 heteroatoms. The van der Waals surface area contributed by atoms with Crippen LogP contribution >= 0.6 is 0 Å². The quantitative estimate of drug-likeness (QED) is 0.613. The lowest BCUT2D eigenvalue weighted by Gasteiger charge is -2.05. The molecule has 8 nitrogen and oxygen atoms in total. The molecule has 0 atom stereocenters. The third-order valence-electron chi connectivity index (χ3n) is 5.24. The summed E-state index contributed by atoms with van der Waals surface area (Å²) in [5, 5.41) is 6.73. The third kappa shape index (κ3) is 4.09. The first-order chi connectivity index (χ1) is 14.8. The van der Waals surface area contributed by atoms with Crippen molar-refractivity contribution in [3.05, 3.63) is 65.0 Å². The second-order valence-corrected chi connectivity index (χ2v) is 7.77. The minimum absolute atomic E-state index is 0.137. The van der Waals surface area contributed by atoms with Gasteiger partial charge < -0.3 is 9.84 Å². The largest absolute Gasteiger partial charge is 0.339 e. The lowest BCUT2D eigenvalue weighted by atomic mass is 10.0. The fourth-order valence-electron chi connectivity index (χ4n) is 3.37. The van der Waals surface area contributed by atoms with E-state index in [1.165, 1.54) is 18.7 Å². The summed E-state index contributed by atoms with van der Waals surface area (Å²) in [5.74, 6) is 0.315. The van der Waals surface area contributed by atoms with Crippen molar-refractivity contribution in [3.63, 3.8) is 0 Å². The van der Waals surface area contributed by atoms with E-state index in [4.69, 9.17) is 4.52 Å². The third-order valence-corrected chi connectivity index (χ3v) is 5.24. The minimum atomic E-state index is -0.379. The zero-order valence-electron chi connectivity index (χ0n) is 17.5. The van der Waals surface area contributed by atoms with E-state index >= 15 is 0 Å². The van der Waals surface area contributed by atoms with Crippen molar-refractivity contribution in [2.45, 2.75) is 32.6 Å². The lowest BCUT2D eigenvalue weighted by Crippen LogP contribution is -2.24. The summed E-state index contributed by atoms with van der Waals surface area (Å²) in [6.45, 7) is 4.26. The predicted molar refractivity (Wildman–Crippen MR) is 114 cm³/mol. The summed E-state index contributed by atoms with van der Waals surface area (Å²) >= 11 is 0. The number of amides is 3. The zero-order valence-corrected chi connectivity index (χ0v) is 17.5.